The molecule has 1 atom stereocenters. The van der Waals surface area contributed by atoms with E-state index in [0.29, 0.717) is 0 Å². The van der Waals surface area contributed by atoms with Crippen molar-refractivity contribution in [2.45, 2.75) is 24.8 Å². The zero-order chi connectivity index (χ0) is 13.9. The molecule has 2 aromatic carbocycles. The molecule has 2 aromatic rings. The maximum atomic E-state index is 9.63. The molecule has 0 bridgehead atoms. The summed E-state index contributed by atoms with van der Waals surface area (Å²) in [5.41, 5.74) is 3.55. The van der Waals surface area contributed by atoms with Crippen LogP contribution in [-0.2, 0) is 0 Å². The highest BCUT2D eigenvalue weighted by Gasteiger charge is 2.23. The molecule has 1 aliphatic carbocycles. The summed E-state index contributed by atoms with van der Waals surface area (Å²) in [6.45, 7) is 0.0787. The van der Waals surface area contributed by atoms with Crippen molar-refractivity contribution in [2.24, 2.45) is 0 Å². The van der Waals surface area contributed by atoms with Crippen LogP contribution in [0.4, 0.5) is 5.69 Å². The van der Waals surface area contributed by atoms with Crippen molar-refractivity contribution >= 4 is 21.6 Å². The van der Waals surface area contributed by atoms with Crippen LogP contribution < -0.4 is 5.32 Å². The van der Waals surface area contributed by atoms with Crippen LogP contribution in [0.15, 0.2) is 53.0 Å². The minimum Gasteiger partial charge on any atom is -0.394 e. The SMILES string of the molecule is OCC(Nc1cccc(Br)c1)c1ccc(C2CC2)cc1. The van der Waals surface area contributed by atoms with E-state index in [1.165, 1.54) is 18.4 Å². The van der Waals surface area contributed by atoms with Gasteiger partial charge in [-0.3, -0.25) is 0 Å². The molecule has 1 saturated carbocycles. The fourth-order valence-electron chi connectivity index (χ4n) is 2.43. The molecule has 0 saturated heterocycles. The number of aliphatic hydroxyl groups excluding tert-OH is 1. The van der Waals surface area contributed by atoms with Crippen LogP contribution in [0.5, 0.6) is 0 Å². The van der Waals surface area contributed by atoms with Crippen molar-refractivity contribution < 1.29 is 5.11 Å². The van der Waals surface area contributed by atoms with Gasteiger partial charge in [-0.05, 0) is 48.1 Å². The Morgan fingerprint density at radius 2 is 1.90 bits per heavy atom. The fourth-order valence-corrected chi connectivity index (χ4v) is 2.83. The third-order valence-electron chi connectivity index (χ3n) is 3.74. The van der Waals surface area contributed by atoms with E-state index in [1.807, 2.05) is 24.3 Å². The standard InChI is InChI=1S/C17H18BrNO/c18-15-2-1-3-16(10-15)19-17(11-20)14-8-6-13(7-9-14)12-4-5-12/h1-3,6-10,12,17,19-20H,4-5,11H2. The van der Waals surface area contributed by atoms with E-state index in [9.17, 15) is 5.11 Å². The lowest BCUT2D eigenvalue weighted by atomic mass is 10.0. The van der Waals surface area contributed by atoms with Crippen LogP contribution in [0.1, 0.15) is 35.9 Å². The van der Waals surface area contributed by atoms with E-state index in [0.717, 1.165) is 21.6 Å². The Morgan fingerprint density at radius 3 is 2.50 bits per heavy atom. The molecule has 0 aromatic heterocycles. The second-order valence-corrected chi connectivity index (χ2v) is 6.25. The molecule has 2 nitrogen and oxygen atoms in total. The molecule has 0 spiro atoms. The lowest BCUT2D eigenvalue weighted by Gasteiger charge is -2.18. The molecular formula is C17H18BrNO. The van der Waals surface area contributed by atoms with Gasteiger partial charge in [0.05, 0.1) is 12.6 Å². The third kappa shape index (κ3) is 3.22. The summed E-state index contributed by atoms with van der Waals surface area (Å²) in [6, 6.07) is 16.6. The lowest BCUT2D eigenvalue weighted by Crippen LogP contribution is -2.14. The quantitative estimate of drug-likeness (QED) is 0.847. The van der Waals surface area contributed by atoms with E-state index < -0.39 is 0 Å². The molecule has 104 valence electrons. The zero-order valence-corrected chi connectivity index (χ0v) is 12.8. The third-order valence-corrected chi connectivity index (χ3v) is 4.23. The van der Waals surface area contributed by atoms with Gasteiger partial charge in [0.2, 0.25) is 0 Å². The first-order valence-electron chi connectivity index (χ1n) is 6.99. The number of anilines is 1. The minimum absolute atomic E-state index is 0.0717. The van der Waals surface area contributed by atoms with Crippen molar-refractivity contribution in [3.05, 3.63) is 64.1 Å². The average molecular weight is 332 g/mol. The predicted molar refractivity (Wildman–Crippen MR) is 86.0 cm³/mol. The molecule has 0 aliphatic heterocycles. The lowest BCUT2D eigenvalue weighted by molar-refractivity contribution is 0.276. The summed E-state index contributed by atoms with van der Waals surface area (Å²) in [6.07, 6.45) is 2.64. The van der Waals surface area contributed by atoms with Crippen LogP contribution in [0.3, 0.4) is 0 Å². The fraction of sp³-hybridized carbons (Fsp3) is 0.294. The van der Waals surface area contributed by atoms with Gasteiger partial charge < -0.3 is 10.4 Å². The molecule has 0 amide bonds. The number of nitrogens with one attached hydrogen (secondary N) is 1. The van der Waals surface area contributed by atoms with Crippen LogP contribution in [0, 0.1) is 0 Å². The highest BCUT2D eigenvalue weighted by Crippen LogP contribution is 2.40. The Hall–Kier alpha value is -1.32. The Balaban J connectivity index is 1.75. The van der Waals surface area contributed by atoms with Crippen molar-refractivity contribution in [1.29, 1.82) is 0 Å². The molecule has 1 aliphatic rings. The maximum absolute atomic E-state index is 9.63. The molecule has 1 unspecified atom stereocenters. The van der Waals surface area contributed by atoms with E-state index in [-0.39, 0.29) is 12.6 Å². The van der Waals surface area contributed by atoms with Crippen molar-refractivity contribution in [3.8, 4) is 0 Å². The normalized spacial score (nSPS) is 15.9. The smallest absolute Gasteiger partial charge is 0.0745 e. The highest BCUT2D eigenvalue weighted by molar-refractivity contribution is 9.10. The number of rotatable bonds is 5. The number of benzene rings is 2. The van der Waals surface area contributed by atoms with E-state index >= 15 is 0 Å². The van der Waals surface area contributed by atoms with Crippen molar-refractivity contribution in [3.63, 3.8) is 0 Å². The Kier molecular flexibility index (Phi) is 4.08. The molecular weight excluding hydrogens is 314 g/mol. The molecule has 3 heteroatoms. The first-order chi connectivity index (χ1) is 9.76. The predicted octanol–water partition coefficient (Wildman–Crippen LogP) is 4.47. The molecule has 0 heterocycles. The summed E-state index contributed by atoms with van der Waals surface area (Å²) in [7, 11) is 0. The Labute approximate surface area is 128 Å². The van der Waals surface area contributed by atoms with E-state index in [2.05, 4.69) is 45.5 Å². The second-order valence-electron chi connectivity index (χ2n) is 5.33. The van der Waals surface area contributed by atoms with Gasteiger partial charge in [-0.1, -0.05) is 46.3 Å². The molecule has 2 N–H and O–H groups in total. The Morgan fingerprint density at radius 1 is 1.15 bits per heavy atom. The minimum atomic E-state index is -0.0717. The molecule has 3 rings (SSSR count). The number of aliphatic hydroxyl groups is 1. The van der Waals surface area contributed by atoms with Gasteiger partial charge in [-0.25, -0.2) is 0 Å². The van der Waals surface area contributed by atoms with Crippen LogP contribution in [-0.4, -0.2) is 11.7 Å². The van der Waals surface area contributed by atoms with Gasteiger partial charge in [-0.15, -0.1) is 0 Å². The first kappa shape index (κ1) is 13.7. The van der Waals surface area contributed by atoms with Crippen LogP contribution in [0.2, 0.25) is 0 Å². The van der Waals surface area contributed by atoms with Gasteiger partial charge in [0.15, 0.2) is 0 Å². The van der Waals surface area contributed by atoms with Crippen molar-refractivity contribution in [2.75, 3.05) is 11.9 Å². The molecule has 0 radical (unpaired) electrons. The zero-order valence-electron chi connectivity index (χ0n) is 11.2. The topological polar surface area (TPSA) is 32.3 Å². The van der Waals surface area contributed by atoms with E-state index in [4.69, 9.17) is 0 Å². The van der Waals surface area contributed by atoms with Crippen molar-refractivity contribution in [1.82, 2.24) is 0 Å². The van der Waals surface area contributed by atoms with E-state index in [1.54, 1.807) is 0 Å². The Bertz CT molecular complexity index is 578. The number of halogens is 1. The maximum Gasteiger partial charge on any atom is 0.0745 e. The van der Waals surface area contributed by atoms with Gasteiger partial charge >= 0.3 is 0 Å². The van der Waals surface area contributed by atoms with Gasteiger partial charge in [0.25, 0.3) is 0 Å². The summed E-state index contributed by atoms with van der Waals surface area (Å²) in [5.74, 6) is 0.773. The van der Waals surface area contributed by atoms with Crippen LogP contribution in [0.25, 0.3) is 0 Å². The number of hydrogen-bond acceptors (Lipinski definition) is 2. The number of hydrogen-bond donors (Lipinski definition) is 2. The highest BCUT2D eigenvalue weighted by atomic mass is 79.9. The van der Waals surface area contributed by atoms with Gasteiger partial charge in [0.1, 0.15) is 0 Å². The molecule has 20 heavy (non-hydrogen) atoms. The largest absolute Gasteiger partial charge is 0.394 e. The first-order valence-corrected chi connectivity index (χ1v) is 7.78. The van der Waals surface area contributed by atoms with Crippen LogP contribution >= 0.6 is 15.9 Å². The molecule has 1 fully saturated rings. The monoisotopic (exact) mass is 331 g/mol. The van der Waals surface area contributed by atoms with Gasteiger partial charge in [0, 0.05) is 10.2 Å². The van der Waals surface area contributed by atoms with Gasteiger partial charge in [-0.2, -0.15) is 0 Å². The second kappa shape index (κ2) is 5.98. The summed E-state index contributed by atoms with van der Waals surface area (Å²) < 4.78 is 1.03. The average Bonchev–Trinajstić information content (AvgIpc) is 3.30. The summed E-state index contributed by atoms with van der Waals surface area (Å²) in [5, 5.41) is 13.0. The summed E-state index contributed by atoms with van der Waals surface area (Å²) >= 11 is 3.46. The summed E-state index contributed by atoms with van der Waals surface area (Å²) in [4.78, 5) is 0.